The fourth-order valence-corrected chi connectivity index (χ4v) is 7.06. The van der Waals surface area contributed by atoms with E-state index in [9.17, 15) is 49.8 Å². The summed E-state index contributed by atoms with van der Waals surface area (Å²) < 4.78 is 9.80. The van der Waals surface area contributed by atoms with Crippen LogP contribution in [0, 0.1) is 0 Å². The first-order valence-electron chi connectivity index (χ1n) is 18.5. The Balaban J connectivity index is 1.45. The van der Waals surface area contributed by atoms with Gasteiger partial charge in [-0.1, -0.05) is 36.4 Å². The van der Waals surface area contributed by atoms with Crippen LogP contribution in [0.25, 0.3) is 55.3 Å². The summed E-state index contributed by atoms with van der Waals surface area (Å²) in [5.74, 6) is -7.41. The van der Waals surface area contributed by atoms with E-state index in [1.54, 1.807) is 36.4 Å². The molecule has 0 spiro atoms. The number of nitrogens with zero attached hydrogens (tertiary/aromatic N) is 4. The van der Waals surface area contributed by atoms with E-state index >= 15 is 0 Å². The van der Waals surface area contributed by atoms with Crippen molar-refractivity contribution in [2.24, 2.45) is 0 Å². The Morgan fingerprint density at radius 2 is 0.806 bits per heavy atom. The molecular weight excluding hydrogens is 805 g/mol. The number of aromatic nitrogens is 4. The highest BCUT2D eigenvalue weighted by Crippen LogP contribution is 2.54. The number of methoxy groups -OCH3 is 2. The molecule has 0 atom stereocenters. The number of rotatable bonds is 9. The Kier molecular flexibility index (Phi) is 10.2. The molecule has 0 saturated carbocycles. The minimum atomic E-state index is -0.921. The average molecular weight is 837 g/mol. The molecule has 8 aromatic rings. The van der Waals surface area contributed by atoms with Crippen molar-refractivity contribution in [3.8, 4) is 45.6 Å². The quantitative estimate of drug-likeness (QED) is 0.0684. The van der Waals surface area contributed by atoms with Crippen molar-refractivity contribution in [2.45, 2.75) is 13.1 Å². The molecule has 6 aromatic carbocycles. The van der Waals surface area contributed by atoms with Gasteiger partial charge in [0.15, 0.2) is 11.5 Å². The van der Waals surface area contributed by atoms with Crippen molar-refractivity contribution in [2.75, 3.05) is 14.2 Å². The zero-order valence-corrected chi connectivity index (χ0v) is 32.4. The normalized spacial score (nSPS) is 11.2. The smallest absolute Gasteiger partial charge is 0.340 e. The van der Waals surface area contributed by atoms with Crippen molar-refractivity contribution < 1.29 is 59.3 Å². The molecule has 0 radical (unpaired) electrons. The Hall–Kier alpha value is -8.80. The second kappa shape index (κ2) is 15.8. The van der Waals surface area contributed by atoms with Gasteiger partial charge in [0, 0.05) is 35.3 Å². The van der Waals surface area contributed by atoms with Crippen molar-refractivity contribution >= 4 is 67.9 Å². The van der Waals surface area contributed by atoms with E-state index in [4.69, 9.17) is 9.47 Å². The Morgan fingerprint density at radius 1 is 0.452 bits per heavy atom. The average Bonchev–Trinajstić information content (AvgIpc) is 3.29. The number of ether oxygens (including phenoxy) is 2. The molecule has 2 amide bonds. The van der Waals surface area contributed by atoms with Crippen LogP contribution in [0.4, 0.5) is 0 Å². The third-order valence-electron chi connectivity index (χ3n) is 10.1. The first-order valence-corrected chi connectivity index (χ1v) is 18.5. The highest BCUT2D eigenvalue weighted by molar-refractivity contribution is 6.11. The number of amides is 2. The Morgan fingerprint density at radius 3 is 1.16 bits per heavy atom. The maximum atomic E-state index is 13.3. The molecule has 0 unspecified atom stereocenters. The number of carbonyl (C=O) groups is 4. The molecule has 8 N–H and O–H groups in total. The number of esters is 2. The van der Waals surface area contributed by atoms with Crippen LogP contribution < -0.4 is 10.6 Å². The lowest BCUT2D eigenvalue weighted by atomic mass is 9.93. The van der Waals surface area contributed by atoms with Crippen molar-refractivity contribution in [3.63, 3.8) is 0 Å². The summed E-state index contributed by atoms with van der Waals surface area (Å²) in [5.41, 5.74) is -4.17. The number of hydrogen-bond acceptors (Lipinski definition) is 16. The van der Waals surface area contributed by atoms with Crippen LogP contribution in [-0.2, 0) is 22.6 Å². The summed E-state index contributed by atoms with van der Waals surface area (Å²) in [6.07, 6.45) is 0. The predicted molar refractivity (Wildman–Crippen MR) is 221 cm³/mol. The molecule has 0 saturated heterocycles. The van der Waals surface area contributed by atoms with E-state index in [0.717, 1.165) is 14.2 Å². The Bertz CT molecular complexity index is 2990. The van der Waals surface area contributed by atoms with Gasteiger partial charge in [0.2, 0.25) is 0 Å². The largest absolute Gasteiger partial charge is 0.507 e. The first-order chi connectivity index (χ1) is 29.8. The zero-order chi connectivity index (χ0) is 44.0. The molecule has 0 aliphatic heterocycles. The highest BCUT2D eigenvalue weighted by atomic mass is 16.5. The minimum absolute atomic E-state index is 0.178. The van der Waals surface area contributed by atoms with E-state index in [2.05, 4.69) is 30.6 Å². The van der Waals surface area contributed by atoms with Crippen LogP contribution in [0.2, 0.25) is 0 Å². The highest BCUT2D eigenvalue weighted by Gasteiger charge is 2.32. The summed E-state index contributed by atoms with van der Waals surface area (Å²) in [4.78, 5) is 70.3. The van der Waals surface area contributed by atoms with Gasteiger partial charge in [0.1, 0.15) is 67.1 Å². The molecule has 0 fully saturated rings. The predicted octanol–water partition coefficient (Wildman–Crippen LogP) is 5.21. The third-order valence-corrected chi connectivity index (χ3v) is 10.1. The molecule has 62 heavy (non-hydrogen) atoms. The lowest BCUT2D eigenvalue weighted by molar-refractivity contribution is 0.0593. The van der Waals surface area contributed by atoms with Crippen LogP contribution in [0.5, 0.6) is 34.5 Å². The maximum Gasteiger partial charge on any atom is 0.340 e. The number of carbonyl (C=O) groups excluding carboxylic acids is 4. The first kappa shape index (κ1) is 40.0. The lowest BCUT2D eigenvalue weighted by Gasteiger charge is -2.21. The van der Waals surface area contributed by atoms with Gasteiger partial charge in [-0.15, -0.1) is 0 Å². The molecule has 18 nitrogen and oxygen atoms in total. The zero-order valence-electron chi connectivity index (χ0n) is 32.4. The fraction of sp³-hybridized carbons (Fsp3) is 0.0909. The number of aromatic hydroxyl groups is 6. The van der Waals surface area contributed by atoms with Crippen LogP contribution in [0.3, 0.4) is 0 Å². The molecule has 18 heteroatoms. The number of nitrogens with one attached hydrogen (secondary N) is 2. The second-order valence-corrected chi connectivity index (χ2v) is 13.7. The molecule has 0 aliphatic rings. The van der Waals surface area contributed by atoms with Gasteiger partial charge in [-0.2, -0.15) is 0 Å². The van der Waals surface area contributed by atoms with Gasteiger partial charge in [-0.25, -0.2) is 29.5 Å². The third kappa shape index (κ3) is 6.66. The number of hydrogen-bond donors (Lipinski definition) is 8. The van der Waals surface area contributed by atoms with Gasteiger partial charge in [0.05, 0.1) is 36.5 Å². The Labute approximate surface area is 348 Å². The van der Waals surface area contributed by atoms with Crippen molar-refractivity contribution in [1.29, 1.82) is 0 Å². The van der Waals surface area contributed by atoms with E-state index in [-0.39, 0.29) is 66.5 Å². The number of fused-ring (bicyclic) bond motifs is 4. The van der Waals surface area contributed by atoms with Crippen LogP contribution in [0.1, 0.15) is 52.6 Å². The summed E-state index contributed by atoms with van der Waals surface area (Å²) in [7, 11) is 2.23. The van der Waals surface area contributed by atoms with E-state index < -0.39 is 93.5 Å². The van der Waals surface area contributed by atoms with E-state index in [1.165, 1.54) is 48.5 Å². The molecule has 0 aliphatic carbocycles. The number of phenols is 6. The second-order valence-electron chi connectivity index (χ2n) is 13.7. The molecular formula is C44H32N6O12. The molecule has 2 aromatic heterocycles. The van der Waals surface area contributed by atoms with Crippen LogP contribution in [-0.4, -0.2) is 88.5 Å². The molecule has 0 bridgehead atoms. The van der Waals surface area contributed by atoms with Gasteiger partial charge >= 0.3 is 11.9 Å². The fourth-order valence-electron chi connectivity index (χ4n) is 7.06. The van der Waals surface area contributed by atoms with Crippen LogP contribution >= 0.6 is 0 Å². The van der Waals surface area contributed by atoms with Gasteiger partial charge in [0.25, 0.3) is 11.8 Å². The summed E-state index contributed by atoms with van der Waals surface area (Å²) in [6.45, 7) is -1.05. The maximum absolute atomic E-state index is 13.3. The minimum Gasteiger partial charge on any atom is -0.507 e. The standard InChI is InChI=1S/C44H32N6O12/c1-61-43(59)21-13-15-25(51)33-29(21)49-35-31(47-33)23(17-45-41(57)19-9-5-3-6-10-19)37(53)27(39(35)55)28-38(54)24(18-46-42(58)20-11-7-4-8-12-20)32-36(40(28)56)50-30-22(44(60)62-2)14-16-26(52)34(30)48-32/h3-16,51-56H,17-18H2,1-2H3,(H,45,57)(H,46,58). The van der Waals surface area contributed by atoms with Crippen LogP contribution in [0.15, 0.2) is 84.9 Å². The van der Waals surface area contributed by atoms with E-state index in [1.807, 2.05) is 0 Å². The van der Waals surface area contributed by atoms with E-state index in [0.29, 0.717) is 0 Å². The SMILES string of the molecule is COC(=O)c1ccc(O)c2nc3c(CNC(=O)c4ccccc4)c(O)c(-c4c(O)c(CNC(=O)c5ccccc5)c5nc6c(O)ccc(C(=O)OC)c6nc5c4O)c(O)c3nc12. The van der Waals surface area contributed by atoms with Crippen molar-refractivity contribution in [1.82, 2.24) is 30.6 Å². The molecule has 2 heterocycles. The number of benzene rings is 6. The van der Waals surface area contributed by atoms with Gasteiger partial charge in [-0.3, -0.25) is 9.59 Å². The summed E-state index contributed by atoms with van der Waals surface area (Å²) in [6, 6.07) is 20.8. The molecule has 8 rings (SSSR count). The summed E-state index contributed by atoms with van der Waals surface area (Å²) in [5, 5.41) is 75.8. The van der Waals surface area contributed by atoms with Gasteiger partial charge < -0.3 is 50.7 Å². The topological polar surface area (TPSA) is 284 Å². The van der Waals surface area contributed by atoms with Gasteiger partial charge in [-0.05, 0) is 48.5 Å². The lowest BCUT2D eigenvalue weighted by Crippen LogP contribution is -2.23. The van der Waals surface area contributed by atoms with Crippen molar-refractivity contribution in [3.05, 3.63) is 118 Å². The number of phenolic OH excluding ortho intramolecular Hbond substituents is 6. The summed E-state index contributed by atoms with van der Waals surface area (Å²) >= 11 is 0. The monoisotopic (exact) mass is 836 g/mol. The molecule has 310 valence electrons.